The Balaban J connectivity index is 1.78. The first kappa shape index (κ1) is 20.1. The number of amides is 2. The molecule has 2 heterocycles. The third-order valence-corrected chi connectivity index (χ3v) is 5.11. The molecule has 160 valence electrons. The van der Waals surface area contributed by atoms with Gasteiger partial charge in [-0.3, -0.25) is 19.7 Å². The number of fused-ring (bicyclic) bond motifs is 1. The van der Waals surface area contributed by atoms with Gasteiger partial charge in [-0.25, -0.2) is 4.90 Å². The van der Waals surface area contributed by atoms with Crippen molar-refractivity contribution >= 4 is 28.9 Å². The van der Waals surface area contributed by atoms with Crippen molar-refractivity contribution in [1.82, 2.24) is 0 Å². The second-order valence-corrected chi connectivity index (χ2v) is 6.65. The number of nitro benzene ring substituents is 1. The topological polar surface area (TPSA) is 130 Å². The lowest BCUT2D eigenvalue weighted by Gasteiger charge is -2.18. The van der Waals surface area contributed by atoms with Gasteiger partial charge in [0.15, 0.2) is 11.5 Å². The van der Waals surface area contributed by atoms with Gasteiger partial charge in [0.25, 0.3) is 11.6 Å². The molecule has 0 aromatic heterocycles. The third kappa shape index (κ3) is 3.01. The molecule has 0 spiro atoms. The lowest BCUT2D eigenvalue weighted by molar-refractivity contribution is -0.384. The van der Waals surface area contributed by atoms with Gasteiger partial charge >= 0.3 is 0 Å². The normalized spacial score (nSPS) is 19.6. The average Bonchev–Trinajstić information content (AvgIpc) is 3.32. The Labute approximate surface area is 175 Å². The second kappa shape index (κ2) is 7.59. The van der Waals surface area contributed by atoms with E-state index in [9.17, 15) is 19.7 Å². The molecule has 2 aromatic carbocycles. The number of hydrogen-bond acceptors (Lipinski definition) is 9. The molecule has 0 aliphatic carbocycles. The number of carbonyl (C=O) groups is 2. The summed E-state index contributed by atoms with van der Waals surface area (Å²) in [7, 11) is 4.25. The number of benzene rings is 2. The number of nitro groups is 1. The third-order valence-electron chi connectivity index (χ3n) is 5.11. The van der Waals surface area contributed by atoms with Crippen LogP contribution in [0.3, 0.4) is 0 Å². The summed E-state index contributed by atoms with van der Waals surface area (Å²) in [6, 6.07) is 8.69. The van der Waals surface area contributed by atoms with Crippen LogP contribution >= 0.6 is 0 Å². The molecule has 2 amide bonds. The van der Waals surface area contributed by atoms with E-state index in [4.69, 9.17) is 19.0 Å². The minimum atomic E-state index is -1.21. The van der Waals surface area contributed by atoms with Gasteiger partial charge in [-0.1, -0.05) is 11.2 Å². The fraction of sp³-hybridized carbons (Fsp3) is 0.250. The predicted molar refractivity (Wildman–Crippen MR) is 107 cm³/mol. The molecular formula is C20H17N3O8. The number of ether oxygens (including phenoxy) is 3. The van der Waals surface area contributed by atoms with Crippen molar-refractivity contribution in [3.05, 3.63) is 52.1 Å². The van der Waals surface area contributed by atoms with E-state index in [1.54, 1.807) is 18.2 Å². The molecule has 31 heavy (non-hydrogen) atoms. The number of rotatable bonds is 6. The molecule has 0 unspecified atom stereocenters. The first-order valence-corrected chi connectivity index (χ1v) is 9.08. The van der Waals surface area contributed by atoms with Crippen LogP contribution in [0.1, 0.15) is 5.56 Å². The molecule has 1 fully saturated rings. The van der Waals surface area contributed by atoms with Crippen molar-refractivity contribution in [2.24, 2.45) is 11.1 Å². The van der Waals surface area contributed by atoms with Crippen molar-refractivity contribution in [3.8, 4) is 17.2 Å². The molecule has 2 aliphatic rings. The number of non-ortho nitro benzene ring substituents is 1. The van der Waals surface area contributed by atoms with Crippen LogP contribution in [0.5, 0.6) is 17.2 Å². The maximum absolute atomic E-state index is 13.3. The van der Waals surface area contributed by atoms with Gasteiger partial charge in [-0.2, -0.15) is 0 Å². The van der Waals surface area contributed by atoms with Crippen molar-refractivity contribution in [2.75, 3.05) is 26.2 Å². The standard InChI is InChI=1S/C20H17N3O8/c1-28-13-8-7-10(23(26)27)9-12(13)22-19(24)15-16(21-31-18(15)20(22)25)11-5-4-6-14(29-2)17(11)30-3/h4-9,15,18H,1-3H3/t15-,18-/m1/s1. The molecule has 1 saturated heterocycles. The molecule has 2 atom stereocenters. The Morgan fingerprint density at radius 2 is 1.77 bits per heavy atom. The predicted octanol–water partition coefficient (Wildman–Crippen LogP) is 1.91. The van der Waals surface area contributed by atoms with Crippen LogP contribution in [0.2, 0.25) is 0 Å². The van der Waals surface area contributed by atoms with E-state index in [0.29, 0.717) is 17.1 Å². The number of anilines is 1. The van der Waals surface area contributed by atoms with Gasteiger partial charge in [-0.05, 0) is 18.2 Å². The van der Waals surface area contributed by atoms with Crippen LogP contribution in [-0.4, -0.2) is 49.9 Å². The number of nitrogens with zero attached hydrogens (tertiary/aromatic N) is 3. The molecule has 4 rings (SSSR count). The van der Waals surface area contributed by atoms with Gasteiger partial charge in [-0.15, -0.1) is 0 Å². The zero-order valence-electron chi connectivity index (χ0n) is 16.7. The van der Waals surface area contributed by atoms with Crippen molar-refractivity contribution in [2.45, 2.75) is 6.10 Å². The fourth-order valence-electron chi connectivity index (χ4n) is 3.69. The lowest BCUT2D eigenvalue weighted by atomic mass is 9.93. The second-order valence-electron chi connectivity index (χ2n) is 6.65. The van der Waals surface area contributed by atoms with E-state index >= 15 is 0 Å². The molecule has 0 bridgehead atoms. The van der Waals surface area contributed by atoms with Crippen molar-refractivity contribution in [1.29, 1.82) is 0 Å². The first-order chi connectivity index (χ1) is 14.9. The Kier molecular flexibility index (Phi) is 4.93. The van der Waals surface area contributed by atoms with Crippen molar-refractivity contribution < 1.29 is 33.6 Å². The molecule has 2 aromatic rings. The van der Waals surface area contributed by atoms with Gasteiger partial charge in [0.2, 0.25) is 12.0 Å². The summed E-state index contributed by atoms with van der Waals surface area (Å²) in [5.41, 5.74) is 0.300. The van der Waals surface area contributed by atoms with Crippen LogP contribution in [0.4, 0.5) is 11.4 Å². The van der Waals surface area contributed by atoms with E-state index in [0.717, 1.165) is 11.0 Å². The minimum Gasteiger partial charge on any atom is -0.495 e. The number of carbonyl (C=O) groups excluding carboxylic acids is 2. The Bertz CT molecular complexity index is 1130. The van der Waals surface area contributed by atoms with Crippen LogP contribution in [0.25, 0.3) is 0 Å². The van der Waals surface area contributed by atoms with Gasteiger partial charge in [0.05, 0.1) is 26.3 Å². The number of hydrogen-bond donors (Lipinski definition) is 0. The number of methoxy groups -OCH3 is 3. The van der Waals surface area contributed by atoms with E-state index in [2.05, 4.69) is 5.16 Å². The lowest BCUT2D eigenvalue weighted by Crippen LogP contribution is -2.33. The highest BCUT2D eigenvalue weighted by molar-refractivity contribution is 6.33. The first-order valence-electron chi connectivity index (χ1n) is 9.08. The highest BCUT2D eigenvalue weighted by atomic mass is 16.7. The zero-order valence-corrected chi connectivity index (χ0v) is 16.7. The molecule has 11 nitrogen and oxygen atoms in total. The summed E-state index contributed by atoms with van der Waals surface area (Å²) in [6.45, 7) is 0. The smallest absolute Gasteiger partial charge is 0.279 e. The Morgan fingerprint density at radius 1 is 1.03 bits per heavy atom. The molecule has 0 saturated carbocycles. The monoisotopic (exact) mass is 427 g/mol. The zero-order chi connectivity index (χ0) is 22.3. The van der Waals surface area contributed by atoms with E-state index in [-0.39, 0.29) is 22.8 Å². The maximum Gasteiger partial charge on any atom is 0.279 e. The number of imide groups is 1. The van der Waals surface area contributed by atoms with Crippen LogP contribution in [-0.2, 0) is 14.4 Å². The van der Waals surface area contributed by atoms with Crippen molar-refractivity contribution in [3.63, 3.8) is 0 Å². The SMILES string of the molecule is COc1ccc([N+](=O)[O-])cc1N1C(=O)[C@@H]2C(c3cccc(OC)c3OC)=NO[C@H]2C1=O. The van der Waals surface area contributed by atoms with E-state index < -0.39 is 28.8 Å². The van der Waals surface area contributed by atoms with Gasteiger partial charge < -0.3 is 19.0 Å². The summed E-state index contributed by atoms with van der Waals surface area (Å²) in [4.78, 5) is 43.1. The molecule has 11 heteroatoms. The largest absolute Gasteiger partial charge is 0.495 e. The van der Waals surface area contributed by atoms with Gasteiger partial charge in [0, 0.05) is 17.7 Å². The van der Waals surface area contributed by atoms with E-state index in [1.807, 2.05) is 0 Å². The molecule has 0 N–H and O–H groups in total. The maximum atomic E-state index is 13.3. The fourth-order valence-corrected chi connectivity index (χ4v) is 3.69. The van der Waals surface area contributed by atoms with Crippen LogP contribution < -0.4 is 19.1 Å². The summed E-state index contributed by atoms with van der Waals surface area (Å²) >= 11 is 0. The summed E-state index contributed by atoms with van der Waals surface area (Å²) < 4.78 is 15.9. The minimum absolute atomic E-state index is 0.0401. The van der Waals surface area contributed by atoms with Gasteiger partial charge in [0.1, 0.15) is 23.1 Å². The summed E-state index contributed by atoms with van der Waals surface area (Å²) in [5, 5.41) is 15.2. The van der Waals surface area contributed by atoms with E-state index in [1.165, 1.54) is 33.5 Å². The molecular weight excluding hydrogens is 410 g/mol. The quantitative estimate of drug-likeness (QED) is 0.388. The average molecular weight is 427 g/mol. The number of oxime groups is 1. The summed E-state index contributed by atoms with van der Waals surface area (Å²) in [6.07, 6.45) is -1.21. The van der Waals surface area contributed by atoms with Crippen LogP contribution in [0, 0.1) is 16.0 Å². The Hall–Kier alpha value is -4.15. The van der Waals surface area contributed by atoms with Crippen LogP contribution in [0.15, 0.2) is 41.6 Å². The number of para-hydroxylation sites is 1. The molecule has 2 aliphatic heterocycles. The summed E-state index contributed by atoms with van der Waals surface area (Å²) in [5.74, 6) is -1.52. The highest BCUT2D eigenvalue weighted by Crippen LogP contribution is 2.42. The highest BCUT2D eigenvalue weighted by Gasteiger charge is 2.57. The Morgan fingerprint density at radius 3 is 2.42 bits per heavy atom. The molecule has 0 radical (unpaired) electrons.